The van der Waals surface area contributed by atoms with Crippen molar-refractivity contribution >= 4 is 34.8 Å². The summed E-state index contributed by atoms with van der Waals surface area (Å²) in [7, 11) is -3.07. The Balaban J connectivity index is 0. The molecule has 1 aliphatic rings. The van der Waals surface area contributed by atoms with Gasteiger partial charge in [-0.2, -0.15) is 0 Å². The third-order valence-corrected chi connectivity index (χ3v) is 4.34. The molecule has 2 N–H and O–H groups in total. The molecule has 8 heteroatoms. The quantitative estimate of drug-likeness (QED) is 0.719. The van der Waals surface area contributed by atoms with E-state index < -0.39 is 10.0 Å². The molecule has 0 spiro atoms. The maximum absolute atomic E-state index is 11.6. The molecule has 1 rings (SSSR count). The molecule has 0 aromatic rings. The van der Waals surface area contributed by atoms with Gasteiger partial charge in [-0.05, 0) is 12.3 Å². The van der Waals surface area contributed by atoms with E-state index in [0.717, 1.165) is 39.1 Å². The van der Waals surface area contributed by atoms with E-state index >= 15 is 0 Å². The van der Waals surface area contributed by atoms with Crippen LogP contribution in [0.25, 0.3) is 0 Å². The fraction of sp³-hybridized carbons (Fsp3) is 1.00. The maximum atomic E-state index is 11.6. The first kappa shape index (κ1) is 21.7. The van der Waals surface area contributed by atoms with Gasteiger partial charge in [0.25, 0.3) is 0 Å². The molecule has 0 aromatic heterocycles. The Bertz CT molecular complexity index is 307. The highest BCUT2D eigenvalue weighted by atomic mass is 35.5. The Morgan fingerprint density at radius 1 is 1.21 bits per heavy atom. The molecule has 0 aliphatic carbocycles. The molecule has 0 bridgehead atoms. The zero-order valence-electron chi connectivity index (χ0n) is 11.7. The van der Waals surface area contributed by atoms with E-state index in [9.17, 15) is 8.42 Å². The Morgan fingerprint density at radius 2 is 1.79 bits per heavy atom. The average Bonchev–Trinajstić information content (AvgIpc) is 2.28. The SMILES string of the molecule is CC(C)CCS(=O)(=O)NCCN1CCNCC1.Cl.Cl. The van der Waals surface area contributed by atoms with Gasteiger partial charge >= 0.3 is 0 Å². The Hall–Kier alpha value is 0.410. The molecule has 19 heavy (non-hydrogen) atoms. The van der Waals surface area contributed by atoms with Crippen molar-refractivity contribution in [3.63, 3.8) is 0 Å². The predicted molar refractivity (Wildman–Crippen MR) is 85.1 cm³/mol. The van der Waals surface area contributed by atoms with E-state index in [2.05, 4.69) is 14.9 Å². The van der Waals surface area contributed by atoms with Gasteiger partial charge in [0, 0.05) is 39.3 Å². The molecule has 1 fully saturated rings. The third kappa shape index (κ3) is 10.8. The highest BCUT2D eigenvalue weighted by Gasteiger charge is 2.13. The van der Waals surface area contributed by atoms with Crippen LogP contribution in [-0.4, -0.2) is 58.3 Å². The molecule has 0 amide bonds. The first-order valence-electron chi connectivity index (χ1n) is 6.40. The molecule has 0 atom stereocenters. The molecule has 0 saturated carbocycles. The molecule has 5 nitrogen and oxygen atoms in total. The van der Waals surface area contributed by atoms with Crippen molar-refractivity contribution in [3.8, 4) is 0 Å². The highest BCUT2D eigenvalue weighted by molar-refractivity contribution is 7.89. The molecule has 118 valence electrons. The topological polar surface area (TPSA) is 61.4 Å². The van der Waals surface area contributed by atoms with E-state index in [-0.39, 0.29) is 30.6 Å². The van der Waals surface area contributed by atoms with E-state index in [1.807, 2.05) is 13.8 Å². The number of rotatable bonds is 7. The van der Waals surface area contributed by atoms with Crippen molar-refractivity contribution < 1.29 is 8.42 Å². The predicted octanol–water partition coefficient (Wildman–Crippen LogP) is 0.701. The lowest BCUT2D eigenvalue weighted by Crippen LogP contribution is -2.46. The average molecular weight is 336 g/mol. The van der Waals surface area contributed by atoms with Crippen LogP contribution in [0.1, 0.15) is 20.3 Å². The van der Waals surface area contributed by atoms with Gasteiger partial charge in [0.2, 0.25) is 10.0 Å². The molecular formula is C11H27Cl2N3O2S. The summed E-state index contributed by atoms with van der Waals surface area (Å²) in [5.74, 6) is 0.673. The lowest BCUT2D eigenvalue weighted by molar-refractivity contribution is 0.245. The van der Waals surface area contributed by atoms with Gasteiger partial charge in [-0.25, -0.2) is 13.1 Å². The second kappa shape index (κ2) is 11.1. The van der Waals surface area contributed by atoms with Crippen LogP contribution in [0.2, 0.25) is 0 Å². The molecule has 1 heterocycles. The van der Waals surface area contributed by atoms with Crippen LogP contribution in [0.15, 0.2) is 0 Å². The molecule has 1 saturated heterocycles. The van der Waals surface area contributed by atoms with E-state index in [4.69, 9.17) is 0 Å². The van der Waals surface area contributed by atoms with Crippen molar-refractivity contribution in [1.29, 1.82) is 0 Å². The minimum atomic E-state index is -3.07. The molecule has 1 aliphatic heterocycles. The maximum Gasteiger partial charge on any atom is 0.211 e. The number of hydrogen-bond donors (Lipinski definition) is 2. The van der Waals surface area contributed by atoms with Crippen LogP contribution in [0, 0.1) is 5.92 Å². The number of nitrogens with one attached hydrogen (secondary N) is 2. The summed E-state index contributed by atoms with van der Waals surface area (Å²) in [4.78, 5) is 2.28. The van der Waals surface area contributed by atoms with Crippen LogP contribution < -0.4 is 10.0 Å². The highest BCUT2D eigenvalue weighted by Crippen LogP contribution is 2.01. The van der Waals surface area contributed by atoms with E-state index in [0.29, 0.717) is 12.5 Å². The first-order valence-corrected chi connectivity index (χ1v) is 8.05. The fourth-order valence-electron chi connectivity index (χ4n) is 1.76. The van der Waals surface area contributed by atoms with E-state index in [1.165, 1.54) is 0 Å². The van der Waals surface area contributed by atoms with Gasteiger partial charge in [0.05, 0.1) is 5.75 Å². The summed E-state index contributed by atoms with van der Waals surface area (Å²) < 4.78 is 25.9. The second-order valence-corrected chi connectivity index (χ2v) is 6.91. The Labute approximate surface area is 129 Å². The Kier molecular flexibility index (Phi) is 12.7. The van der Waals surface area contributed by atoms with Gasteiger partial charge in [0.15, 0.2) is 0 Å². The number of piperazine rings is 1. The minimum absolute atomic E-state index is 0. The van der Waals surface area contributed by atoms with Crippen LogP contribution in [0.5, 0.6) is 0 Å². The first-order chi connectivity index (χ1) is 7.99. The summed E-state index contributed by atoms with van der Waals surface area (Å²) in [6, 6.07) is 0. The second-order valence-electron chi connectivity index (χ2n) is 4.99. The third-order valence-electron chi connectivity index (χ3n) is 2.92. The number of hydrogen-bond acceptors (Lipinski definition) is 4. The lowest BCUT2D eigenvalue weighted by atomic mass is 10.2. The number of sulfonamides is 1. The summed E-state index contributed by atoms with van der Waals surface area (Å²) >= 11 is 0. The standard InChI is InChI=1S/C11H25N3O2S.2ClH/c1-11(2)3-10-17(15,16)13-6-9-14-7-4-12-5-8-14;;/h11-13H,3-10H2,1-2H3;2*1H. The zero-order chi connectivity index (χ0) is 12.7. The van der Waals surface area contributed by atoms with Gasteiger partial charge < -0.3 is 5.32 Å². The monoisotopic (exact) mass is 335 g/mol. The lowest BCUT2D eigenvalue weighted by Gasteiger charge is -2.27. The number of nitrogens with zero attached hydrogens (tertiary/aromatic N) is 1. The van der Waals surface area contributed by atoms with Gasteiger partial charge in [-0.15, -0.1) is 24.8 Å². The van der Waals surface area contributed by atoms with Crippen molar-refractivity contribution in [1.82, 2.24) is 14.9 Å². The van der Waals surface area contributed by atoms with Crippen LogP contribution in [0.4, 0.5) is 0 Å². The van der Waals surface area contributed by atoms with Crippen molar-refractivity contribution in [2.24, 2.45) is 5.92 Å². The van der Waals surface area contributed by atoms with Crippen LogP contribution in [0.3, 0.4) is 0 Å². The summed E-state index contributed by atoms with van der Waals surface area (Å²) in [6.07, 6.45) is 0.725. The number of halogens is 2. The summed E-state index contributed by atoms with van der Waals surface area (Å²) in [5.41, 5.74) is 0. The van der Waals surface area contributed by atoms with Gasteiger partial charge in [-0.3, -0.25) is 4.90 Å². The molecular weight excluding hydrogens is 309 g/mol. The summed E-state index contributed by atoms with van der Waals surface area (Å²) in [5, 5.41) is 3.27. The minimum Gasteiger partial charge on any atom is -0.314 e. The smallest absolute Gasteiger partial charge is 0.211 e. The van der Waals surface area contributed by atoms with E-state index in [1.54, 1.807) is 0 Å². The Morgan fingerprint density at radius 3 is 2.32 bits per heavy atom. The van der Waals surface area contributed by atoms with Crippen molar-refractivity contribution in [3.05, 3.63) is 0 Å². The van der Waals surface area contributed by atoms with Crippen molar-refractivity contribution in [2.75, 3.05) is 45.0 Å². The van der Waals surface area contributed by atoms with Crippen LogP contribution in [-0.2, 0) is 10.0 Å². The largest absolute Gasteiger partial charge is 0.314 e. The fourth-order valence-corrected chi connectivity index (χ4v) is 3.09. The van der Waals surface area contributed by atoms with Gasteiger partial charge in [-0.1, -0.05) is 13.8 Å². The molecule has 0 radical (unpaired) electrons. The summed E-state index contributed by atoms with van der Waals surface area (Å²) in [6.45, 7) is 9.43. The van der Waals surface area contributed by atoms with Crippen molar-refractivity contribution in [2.45, 2.75) is 20.3 Å². The zero-order valence-corrected chi connectivity index (χ0v) is 14.2. The van der Waals surface area contributed by atoms with Crippen LogP contribution >= 0.6 is 24.8 Å². The normalized spacial score (nSPS) is 16.8. The molecule has 0 unspecified atom stereocenters. The molecule has 0 aromatic carbocycles. The van der Waals surface area contributed by atoms with Gasteiger partial charge in [0.1, 0.15) is 0 Å².